The topological polar surface area (TPSA) is 52.6 Å². The Balaban J connectivity index is 2.19. The molecule has 4 nitrogen and oxygen atoms in total. The van der Waals surface area contributed by atoms with Gasteiger partial charge in [0.05, 0.1) is 0 Å². The first-order valence-corrected chi connectivity index (χ1v) is 10.9. The second kappa shape index (κ2) is 9.33. The Labute approximate surface area is 192 Å². The first-order chi connectivity index (χ1) is 13.8. The zero-order valence-corrected chi connectivity index (χ0v) is 20.8. The number of halogens is 1. The summed E-state index contributed by atoms with van der Waals surface area (Å²) >= 11 is 2.21. The molecule has 0 saturated heterocycles. The minimum Gasteiger partial charge on any atom is -0.476 e. The summed E-state index contributed by atoms with van der Waals surface area (Å²) in [4.78, 5) is 24.9. The van der Waals surface area contributed by atoms with Gasteiger partial charge in [0, 0.05) is 9.13 Å². The van der Waals surface area contributed by atoms with Crippen molar-refractivity contribution < 1.29 is 19.1 Å². The number of carbonyl (C=O) groups is 2. The molecule has 0 aliphatic heterocycles. The molecule has 2 aromatic carbocycles. The van der Waals surface area contributed by atoms with Gasteiger partial charge in [-0.05, 0) is 118 Å². The van der Waals surface area contributed by atoms with Crippen LogP contribution in [0.25, 0.3) is 6.08 Å². The van der Waals surface area contributed by atoms with Crippen LogP contribution in [0.4, 0.5) is 0 Å². The van der Waals surface area contributed by atoms with Crippen LogP contribution >= 0.6 is 22.6 Å². The summed E-state index contributed by atoms with van der Waals surface area (Å²) in [5, 5.41) is 0. The monoisotopic (exact) mass is 520 g/mol. The zero-order chi connectivity index (χ0) is 22.7. The van der Waals surface area contributed by atoms with Gasteiger partial charge in [-0.2, -0.15) is 0 Å². The van der Waals surface area contributed by atoms with E-state index >= 15 is 0 Å². The van der Waals surface area contributed by atoms with Crippen LogP contribution in [-0.2, 0) is 9.53 Å². The first-order valence-electron chi connectivity index (χ1n) is 9.80. The highest BCUT2D eigenvalue weighted by Gasteiger charge is 2.35. The fourth-order valence-corrected chi connectivity index (χ4v) is 3.18. The third-order valence-electron chi connectivity index (χ3n) is 4.29. The number of ether oxygens (including phenoxy) is 2. The summed E-state index contributed by atoms with van der Waals surface area (Å²) in [5.74, 6) is 0.181. The molecule has 0 amide bonds. The van der Waals surface area contributed by atoms with Gasteiger partial charge in [0.1, 0.15) is 11.4 Å². The number of hydrogen-bond donors (Lipinski definition) is 0. The Hall–Kier alpha value is -2.15. The summed E-state index contributed by atoms with van der Waals surface area (Å²) in [6.45, 7) is 12.7. The maximum Gasteiger partial charge on any atom is 0.350 e. The first kappa shape index (κ1) is 24.1. The highest BCUT2D eigenvalue weighted by molar-refractivity contribution is 14.1. The van der Waals surface area contributed by atoms with Crippen molar-refractivity contribution in [1.29, 1.82) is 0 Å². The van der Waals surface area contributed by atoms with Crippen LogP contribution in [0, 0.1) is 17.4 Å². The standard InChI is InChI=1S/C25H29IO4/c1-16-14-18(8-13-21(27)19-9-11-20(26)12-10-19)15-17(2)22(16)29-25(6,7)23(28)30-24(3,4)5/h8-15H,1-7H3. The molecule has 2 aromatic rings. The summed E-state index contributed by atoms with van der Waals surface area (Å²) in [6, 6.07) is 11.3. The molecular weight excluding hydrogens is 491 g/mol. The maximum atomic E-state index is 12.5. The van der Waals surface area contributed by atoms with E-state index in [-0.39, 0.29) is 5.78 Å². The number of allylic oxidation sites excluding steroid dienone is 1. The zero-order valence-electron chi connectivity index (χ0n) is 18.6. The fourth-order valence-electron chi connectivity index (χ4n) is 2.82. The van der Waals surface area contributed by atoms with Crippen molar-refractivity contribution in [3.8, 4) is 5.75 Å². The third-order valence-corrected chi connectivity index (χ3v) is 5.01. The number of hydrogen-bond acceptors (Lipinski definition) is 4. The van der Waals surface area contributed by atoms with Crippen LogP contribution in [0.5, 0.6) is 5.75 Å². The van der Waals surface area contributed by atoms with E-state index in [4.69, 9.17) is 9.47 Å². The average molecular weight is 520 g/mol. The summed E-state index contributed by atoms with van der Waals surface area (Å²) in [5.41, 5.74) is 1.60. The number of esters is 1. The van der Waals surface area contributed by atoms with Gasteiger partial charge in [0.15, 0.2) is 11.4 Å². The number of ketones is 1. The minimum atomic E-state index is -1.12. The van der Waals surface area contributed by atoms with Gasteiger partial charge in [-0.3, -0.25) is 4.79 Å². The highest BCUT2D eigenvalue weighted by atomic mass is 127. The van der Waals surface area contributed by atoms with Crippen molar-refractivity contribution in [2.24, 2.45) is 0 Å². The molecule has 0 saturated carbocycles. The molecule has 0 aromatic heterocycles. The molecular formula is C25H29IO4. The Morgan fingerprint density at radius 3 is 1.97 bits per heavy atom. The fraction of sp³-hybridized carbons (Fsp3) is 0.360. The van der Waals surface area contributed by atoms with E-state index in [1.165, 1.54) is 0 Å². The molecule has 0 bridgehead atoms. The van der Waals surface area contributed by atoms with Crippen molar-refractivity contribution in [1.82, 2.24) is 0 Å². The van der Waals surface area contributed by atoms with Crippen LogP contribution in [-0.4, -0.2) is 23.0 Å². The van der Waals surface area contributed by atoms with E-state index in [1.54, 1.807) is 26.0 Å². The molecule has 0 aliphatic carbocycles. The molecule has 0 N–H and O–H groups in total. The van der Waals surface area contributed by atoms with Crippen LogP contribution in [0.15, 0.2) is 42.5 Å². The molecule has 0 fully saturated rings. The Bertz CT molecular complexity index is 941. The predicted octanol–water partition coefficient (Wildman–Crippen LogP) is 6.30. The Morgan fingerprint density at radius 1 is 0.933 bits per heavy atom. The van der Waals surface area contributed by atoms with Gasteiger partial charge in [0.2, 0.25) is 0 Å². The third kappa shape index (κ3) is 6.69. The van der Waals surface area contributed by atoms with Gasteiger partial charge in [0.25, 0.3) is 0 Å². The number of aryl methyl sites for hydroxylation is 2. The molecule has 0 unspecified atom stereocenters. The van der Waals surface area contributed by atoms with E-state index < -0.39 is 17.2 Å². The Morgan fingerprint density at radius 2 is 1.47 bits per heavy atom. The molecule has 0 atom stereocenters. The minimum absolute atomic E-state index is 0.0481. The second-order valence-corrected chi connectivity index (χ2v) is 10.0. The quantitative estimate of drug-likeness (QED) is 0.194. The van der Waals surface area contributed by atoms with Gasteiger partial charge in [-0.25, -0.2) is 4.79 Å². The lowest BCUT2D eigenvalue weighted by Crippen LogP contribution is -2.43. The highest BCUT2D eigenvalue weighted by Crippen LogP contribution is 2.30. The largest absolute Gasteiger partial charge is 0.476 e. The summed E-state index contributed by atoms with van der Waals surface area (Å²) in [7, 11) is 0. The van der Waals surface area contributed by atoms with E-state index in [0.29, 0.717) is 11.3 Å². The SMILES string of the molecule is Cc1cc(C=CC(=O)c2ccc(I)cc2)cc(C)c1OC(C)(C)C(=O)OC(C)(C)C. The number of carbonyl (C=O) groups excluding carboxylic acids is 2. The molecule has 30 heavy (non-hydrogen) atoms. The van der Waals surface area contributed by atoms with E-state index in [1.807, 2.05) is 71.0 Å². The molecule has 5 heteroatoms. The smallest absolute Gasteiger partial charge is 0.350 e. The number of benzene rings is 2. The van der Waals surface area contributed by atoms with Crippen molar-refractivity contribution in [2.45, 2.75) is 59.7 Å². The molecule has 0 spiro atoms. The van der Waals surface area contributed by atoms with Gasteiger partial charge in [-0.15, -0.1) is 0 Å². The Kier molecular flexibility index (Phi) is 7.50. The molecule has 0 radical (unpaired) electrons. The molecule has 0 aliphatic rings. The van der Waals surface area contributed by atoms with Crippen molar-refractivity contribution >= 4 is 40.4 Å². The lowest BCUT2D eigenvalue weighted by atomic mass is 10.0. The van der Waals surface area contributed by atoms with Crippen LogP contribution in [0.2, 0.25) is 0 Å². The van der Waals surface area contributed by atoms with Crippen LogP contribution in [0.1, 0.15) is 61.7 Å². The van der Waals surface area contributed by atoms with Crippen molar-refractivity contribution in [3.63, 3.8) is 0 Å². The summed E-state index contributed by atoms with van der Waals surface area (Å²) in [6.07, 6.45) is 3.37. The predicted molar refractivity (Wildman–Crippen MR) is 129 cm³/mol. The van der Waals surface area contributed by atoms with Crippen molar-refractivity contribution in [2.75, 3.05) is 0 Å². The van der Waals surface area contributed by atoms with Crippen LogP contribution < -0.4 is 4.74 Å². The van der Waals surface area contributed by atoms with Gasteiger partial charge < -0.3 is 9.47 Å². The van der Waals surface area contributed by atoms with Gasteiger partial charge >= 0.3 is 5.97 Å². The summed E-state index contributed by atoms with van der Waals surface area (Å²) < 4.78 is 12.6. The second-order valence-electron chi connectivity index (χ2n) is 8.80. The van der Waals surface area contributed by atoms with E-state index in [9.17, 15) is 9.59 Å². The lowest BCUT2D eigenvalue weighted by Gasteiger charge is -2.30. The lowest BCUT2D eigenvalue weighted by molar-refractivity contribution is -0.171. The van der Waals surface area contributed by atoms with Crippen LogP contribution in [0.3, 0.4) is 0 Å². The normalized spacial score (nSPS) is 12.1. The van der Waals surface area contributed by atoms with E-state index in [2.05, 4.69) is 22.6 Å². The van der Waals surface area contributed by atoms with E-state index in [0.717, 1.165) is 20.3 Å². The van der Waals surface area contributed by atoms with Gasteiger partial charge in [-0.1, -0.05) is 18.2 Å². The number of rotatable bonds is 6. The average Bonchev–Trinajstić information content (AvgIpc) is 2.62. The molecule has 2 rings (SSSR count). The molecule has 0 heterocycles. The van der Waals surface area contributed by atoms with Crippen molar-refractivity contribution in [3.05, 3.63) is 68.3 Å². The maximum absolute atomic E-state index is 12.5. The molecule has 160 valence electrons.